The molecule has 1 saturated carbocycles. The molecule has 3 atom stereocenters. The lowest BCUT2D eigenvalue weighted by Crippen LogP contribution is -2.35. The summed E-state index contributed by atoms with van der Waals surface area (Å²) in [5.74, 6) is 0. The molecule has 1 aliphatic rings. The molecule has 3 heteroatoms. The van der Waals surface area contributed by atoms with Crippen LogP contribution in [0.4, 0.5) is 4.39 Å². The predicted octanol–water partition coefficient (Wildman–Crippen LogP) is 2.82. The molecule has 1 aliphatic carbocycles. The van der Waals surface area contributed by atoms with E-state index in [0.29, 0.717) is 6.42 Å². The number of furan rings is 1. The van der Waals surface area contributed by atoms with Gasteiger partial charge >= 0.3 is 0 Å². The summed E-state index contributed by atoms with van der Waals surface area (Å²) in [6.07, 6.45) is 5.33. The predicted molar refractivity (Wildman–Crippen MR) is 52.8 cm³/mol. The van der Waals surface area contributed by atoms with E-state index < -0.39 is 6.17 Å². The number of hydrogen-bond acceptors (Lipinski definition) is 2. The summed E-state index contributed by atoms with van der Waals surface area (Å²) in [7, 11) is 0. The lowest BCUT2D eigenvalue weighted by atomic mass is 10.1. The summed E-state index contributed by atoms with van der Waals surface area (Å²) < 4.78 is 18.3. The van der Waals surface area contributed by atoms with Gasteiger partial charge in [-0.05, 0) is 32.3 Å². The van der Waals surface area contributed by atoms with Crippen LogP contribution in [0.2, 0.25) is 0 Å². The Labute approximate surface area is 83.5 Å². The first-order chi connectivity index (χ1) is 6.77. The van der Waals surface area contributed by atoms with Gasteiger partial charge in [0.15, 0.2) is 0 Å². The summed E-state index contributed by atoms with van der Waals surface area (Å²) >= 11 is 0. The highest BCUT2D eigenvalue weighted by atomic mass is 19.1. The summed E-state index contributed by atoms with van der Waals surface area (Å²) in [5.41, 5.74) is 1.09. The van der Waals surface area contributed by atoms with E-state index in [4.69, 9.17) is 4.42 Å². The molecule has 0 amide bonds. The molecule has 1 aromatic rings. The molecule has 0 radical (unpaired) electrons. The Balaban J connectivity index is 1.91. The molecule has 1 fully saturated rings. The fourth-order valence-corrected chi connectivity index (χ4v) is 2.04. The maximum atomic E-state index is 13.3. The van der Waals surface area contributed by atoms with Crippen LogP contribution < -0.4 is 5.32 Å². The van der Waals surface area contributed by atoms with Crippen molar-refractivity contribution in [2.75, 3.05) is 0 Å². The second-order valence-electron chi connectivity index (χ2n) is 4.00. The molecular formula is C11H16FNO. The van der Waals surface area contributed by atoms with Gasteiger partial charge in [-0.1, -0.05) is 0 Å². The molecule has 0 spiro atoms. The van der Waals surface area contributed by atoms with Gasteiger partial charge in [0.05, 0.1) is 12.5 Å². The largest absolute Gasteiger partial charge is 0.472 e. The number of alkyl halides is 1. The van der Waals surface area contributed by atoms with Crippen molar-refractivity contribution in [3.63, 3.8) is 0 Å². The van der Waals surface area contributed by atoms with Crippen LogP contribution in [-0.4, -0.2) is 12.2 Å². The first-order valence-electron chi connectivity index (χ1n) is 5.19. The van der Waals surface area contributed by atoms with Crippen molar-refractivity contribution in [3.05, 3.63) is 24.2 Å². The molecule has 0 bridgehead atoms. The standard InChI is InChI=1S/C11H16FNO/c1-8(9-5-6-14-7-9)13-11-4-2-3-10(11)12/h5-8,10-11,13H,2-4H2,1H3/t8?,10-,11+/m0/s1. The third kappa shape index (κ3) is 1.98. The molecule has 0 aromatic carbocycles. The molecule has 1 unspecified atom stereocenters. The minimum Gasteiger partial charge on any atom is -0.472 e. The van der Waals surface area contributed by atoms with E-state index in [-0.39, 0.29) is 12.1 Å². The average Bonchev–Trinajstić information content (AvgIpc) is 2.77. The van der Waals surface area contributed by atoms with Crippen molar-refractivity contribution in [2.45, 2.75) is 44.4 Å². The van der Waals surface area contributed by atoms with Crippen LogP contribution in [0.1, 0.15) is 37.8 Å². The van der Waals surface area contributed by atoms with Crippen molar-refractivity contribution < 1.29 is 8.81 Å². The maximum absolute atomic E-state index is 13.3. The number of halogens is 1. The van der Waals surface area contributed by atoms with Gasteiger partial charge in [-0.25, -0.2) is 4.39 Å². The Morgan fingerprint density at radius 1 is 1.57 bits per heavy atom. The van der Waals surface area contributed by atoms with Crippen LogP contribution >= 0.6 is 0 Å². The van der Waals surface area contributed by atoms with Crippen LogP contribution in [0.25, 0.3) is 0 Å². The second-order valence-corrected chi connectivity index (χ2v) is 4.00. The third-order valence-corrected chi connectivity index (χ3v) is 2.94. The summed E-state index contributed by atoms with van der Waals surface area (Å²) in [5, 5.41) is 3.30. The topological polar surface area (TPSA) is 25.2 Å². The molecule has 78 valence electrons. The fraction of sp³-hybridized carbons (Fsp3) is 0.636. The Bertz CT molecular complexity index is 273. The third-order valence-electron chi connectivity index (χ3n) is 2.94. The monoisotopic (exact) mass is 197 g/mol. The Hall–Kier alpha value is -0.830. The molecule has 2 nitrogen and oxygen atoms in total. The van der Waals surface area contributed by atoms with Gasteiger partial charge in [0.25, 0.3) is 0 Å². The van der Waals surface area contributed by atoms with Crippen molar-refractivity contribution in [1.82, 2.24) is 5.32 Å². The first kappa shape index (κ1) is 9.71. The van der Waals surface area contributed by atoms with E-state index in [1.54, 1.807) is 12.5 Å². The summed E-state index contributed by atoms with van der Waals surface area (Å²) in [4.78, 5) is 0. The minimum absolute atomic E-state index is 0.0277. The van der Waals surface area contributed by atoms with E-state index in [1.807, 2.05) is 13.0 Å². The summed E-state index contributed by atoms with van der Waals surface area (Å²) in [6.45, 7) is 2.04. The smallest absolute Gasteiger partial charge is 0.115 e. The lowest BCUT2D eigenvalue weighted by Gasteiger charge is -2.19. The van der Waals surface area contributed by atoms with Gasteiger partial charge in [0.1, 0.15) is 6.17 Å². The SMILES string of the molecule is CC(N[C@@H]1CCC[C@@H]1F)c1ccoc1. The molecule has 1 aromatic heterocycles. The van der Waals surface area contributed by atoms with Gasteiger partial charge < -0.3 is 9.73 Å². The zero-order valence-electron chi connectivity index (χ0n) is 8.37. The average molecular weight is 197 g/mol. The Morgan fingerprint density at radius 2 is 2.43 bits per heavy atom. The van der Waals surface area contributed by atoms with Gasteiger partial charge in [-0.2, -0.15) is 0 Å². The molecule has 1 N–H and O–H groups in total. The number of hydrogen-bond donors (Lipinski definition) is 1. The normalized spacial score (nSPS) is 29.3. The van der Waals surface area contributed by atoms with Crippen LogP contribution in [0.3, 0.4) is 0 Å². The van der Waals surface area contributed by atoms with E-state index >= 15 is 0 Å². The van der Waals surface area contributed by atoms with E-state index in [9.17, 15) is 4.39 Å². The van der Waals surface area contributed by atoms with Crippen molar-refractivity contribution in [1.29, 1.82) is 0 Å². The van der Waals surface area contributed by atoms with Crippen LogP contribution in [-0.2, 0) is 0 Å². The maximum Gasteiger partial charge on any atom is 0.115 e. The van der Waals surface area contributed by atoms with Gasteiger partial charge in [0.2, 0.25) is 0 Å². The van der Waals surface area contributed by atoms with Crippen LogP contribution in [0, 0.1) is 0 Å². The molecule has 1 heterocycles. The molecule has 0 saturated heterocycles. The lowest BCUT2D eigenvalue weighted by molar-refractivity contribution is 0.267. The van der Waals surface area contributed by atoms with Crippen molar-refractivity contribution >= 4 is 0 Å². The van der Waals surface area contributed by atoms with Gasteiger partial charge in [0, 0.05) is 17.6 Å². The Morgan fingerprint density at radius 3 is 3.00 bits per heavy atom. The quantitative estimate of drug-likeness (QED) is 0.806. The highest BCUT2D eigenvalue weighted by Crippen LogP contribution is 2.24. The van der Waals surface area contributed by atoms with Crippen molar-refractivity contribution in [3.8, 4) is 0 Å². The van der Waals surface area contributed by atoms with E-state index in [0.717, 1.165) is 18.4 Å². The second kappa shape index (κ2) is 4.13. The minimum atomic E-state index is -0.677. The molecule has 2 rings (SSSR count). The zero-order chi connectivity index (χ0) is 9.97. The highest BCUT2D eigenvalue weighted by molar-refractivity contribution is 5.10. The molecular weight excluding hydrogens is 181 g/mol. The Kier molecular flexibility index (Phi) is 2.87. The number of nitrogens with one attached hydrogen (secondary N) is 1. The fourth-order valence-electron chi connectivity index (χ4n) is 2.04. The molecule has 14 heavy (non-hydrogen) atoms. The highest BCUT2D eigenvalue weighted by Gasteiger charge is 2.28. The number of rotatable bonds is 3. The van der Waals surface area contributed by atoms with E-state index in [2.05, 4.69) is 5.32 Å². The first-order valence-corrected chi connectivity index (χ1v) is 5.19. The van der Waals surface area contributed by atoms with Crippen LogP contribution in [0.5, 0.6) is 0 Å². The zero-order valence-corrected chi connectivity index (χ0v) is 8.37. The van der Waals surface area contributed by atoms with Gasteiger partial charge in [-0.3, -0.25) is 0 Å². The van der Waals surface area contributed by atoms with Gasteiger partial charge in [-0.15, -0.1) is 0 Å². The van der Waals surface area contributed by atoms with Crippen LogP contribution in [0.15, 0.2) is 23.0 Å². The summed E-state index contributed by atoms with van der Waals surface area (Å²) in [6, 6.07) is 2.12. The van der Waals surface area contributed by atoms with E-state index in [1.165, 1.54) is 0 Å². The van der Waals surface area contributed by atoms with Crippen molar-refractivity contribution in [2.24, 2.45) is 0 Å². The molecule has 0 aliphatic heterocycles.